The molecule has 0 atom stereocenters. The Hall–Kier alpha value is -0.971. The average molecular weight is 374 g/mol. The number of nitro benzene ring substituents is 1. The largest absolute Gasteiger partial charge is 3.00 e. The molecule has 3 rings (SSSR count). The van der Waals surface area contributed by atoms with Crippen LogP contribution in [0.5, 0.6) is 0 Å². The van der Waals surface area contributed by atoms with E-state index in [0.717, 1.165) is 17.1 Å². The van der Waals surface area contributed by atoms with Gasteiger partial charge in [0.2, 0.25) is 0 Å². The van der Waals surface area contributed by atoms with E-state index in [1.807, 2.05) is 24.3 Å². The van der Waals surface area contributed by atoms with Crippen LogP contribution < -0.4 is 42.1 Å². The molecule has 0 fully saturated rings. The van der Waals surface area contributed by atoms with Crippen molar-refractivity contribution in [3.05, 3.63) is 58.6 Å². The van der Waals surface area contributed by atoms with Crippen LogP contribution in [0, 0.1) is 10.1 Å². The molecule has 0 aliphatic carbocycles. The Kier molecular flexibility index (Phi) is 8.90. The van der Waals surface area contributed by atoms with Crippen LogP contribution >= 0.6 is 0 Å². The van der Waals surface area contributed by atoms with Crippen LogP contribution in [0.2, 0.25) is 0 Å². The van der Waals surface area contributed by atoms with Gasteiger partial charge in [-0.1, -0.05) is 12.1 Å². The number of fused-ring (bicyclic) bond motifs is 1. The summed E-state index contributed by atoms with van der Waals surface area (Å²) in [6.07, 6.45) is 0. The van der Waals surface area contributed by atoms with E-state index in [1.54, 1.807) is 12.1 Å². The first-order chi connectivity index (χ1) is 7.77. The van der Waals surface area contributed by atoms with Gasteiger partial charge < -0.3 is 42.1 Å². The Morgan fingerprint density at radius 2 is 1.30 bits per heavy atom. The van der Waals surface area contributed by atoms with E-state index in [9.17, 15) is 10.1 Å². The van der Waals surface area contributed by atoms with Crippen molar-refractivity contribution in [2.45, 2.75) is 0 Å². The fourth-order valence-electron chi connectivity index (χ4n) is 1.81. The summed E-state index contributed by atoms with van der Waals surface area (Å²) >= 11 is 0. The Balaban J connectivity index is 0. The topological polar surface area (TPSA) is 46.1 Å². The first kappa shape index (κ1) is 21.3. The van der Waals surface area contributed by atoms with E-state index in [4.69, 9.17) is 0 Å². The van der Waals surface area contributed by atoms with Gasteiger partial charge in [-0.05, 0) is 24.3 Å². The Labute approximate surface area is 145 Å². The third-order valence-corrected chi connectivity index (χ3v) is 2.63. The van der Waals surface area contributed by atoms with Gasteiger partial charge in [-0.3, -0.25) is 10.1 Å². The van der Waals surface area contributed by atoms with Crippen LogP contribution in [0.1, 0.15) is 0 Å². The van der Waals surface area contributed by atoms with Crippen molar-refractivity contribution in [1.82, 2.24) is 0 Å². The molecule has 1 aliphatic heterocycles. The van der Waals surface area contributed by atoms with E-state index in [2.05, 4.69) is 4.90 Å². The van der Waals surface area contributed by atoms with Crippen molar-refractivity contribution in [3.63, 3.8) is 0 Å². The molecular formula is C12H8Cl3FeN2O2. The second-order valence-corrected chi connectivity index (χ2v) is 3.60. The molecule has 0 unspecified atom stereocenters. The quantitative estimate of drug-likeness (QED) is 0.195. The van der Waals surface area contributed by atoms with Gasteiger partial charge in [0.05, 0.1) is 16.3 Å². The fourth-order valence-corrected chi connectivity index (χ4v) is 1.81. The molecule has 2 aromatic rings. The fraction of sp³-hybridized carbons (Fsp3) is 0. The average Bonchev–Trinajstić information content (AvgIpc) is 3.03. The summed E-state index contributed by atoms with van der Waals surface area (Å²) in [7, 11) is 0. The maximum Gasteiger partial charge on any atom is 3.00 e. The third-order valence-electron chi connectivity index (χ3n) is 2.63. The molecule has 1 radical (unpaired) electrons. The maximum absolute atomic E-state index is 10.5. The summed E-state index contributed by atoms with van der Waals surface area (Å²) in [6, 6.07) is 14.6. The second-order valence-electron chi connectivity index (χ2n) is 3.60. The number of rotatable bonds is 2. The summed E-state index contributed by atoms with van der Waals surface area (Å²) in [5, 5.41) is 10.5. The first-order valence-corrected chi connectivity index (χ1v) is 4.91. The molecule has 20 heavy (non-hydrogen) atoms. The number of nitrogens with zero attached hydrogens (tertiary/aromatic N) is 2. The molecule has 1 heterocycles. The van der Waals surface area contributed by atoms with Crippen molar-refractivity contribution in [1.29, 1.82) is 0 Å². The molecule has 2 aromatic carbocycles. The van der Waals surface area contributed by atoms with Crippen LogP contribution in [-0.4, -0.2) is 4.92 Å². The maximum atomic E-state index is 10.5. The molecule has 8 heteroatoms. The van der Waals surface area contributed by atoms with Crippen molar-refractivity contribution in [2.24, 2.45) is 0 Å². The molecule has 0 amide bonds. The normalized spacial score (nSPS) is 9.70. The monoisotopic (exact) mass is 373 g/mol. The van der Waals surface area contributed by atoms with Crippen molar-refractivity contribution < 1.29 is 59.2 Å². The molecule has 1 aliphatic rings. The molecule has 0 spiro atoms. The number of non-ortho nitro benzene ring substituents is 1. The van der Waals surface area contributed by atoms with Gasteiger partial charge in [0.25, 0.3) is 5.69 Å². The van der Waals surface area contributed by atoms with Crippen LogP contribution in [0.25, 0.3) is 0 Å². The summed E-state index contributed by atoms with van der Waals surface area (Å²) < 4.78 is 0. The van der Waals surface area contributed by atoms with E-state index >= 15 is 0 Å². The number of benzene rings is 2. The summed E-state index contributed by atoms with van der Waals surface area (Å²) in [5.41, 5.74) is 3.41. The van der Waals surface area contributed by atoms with Crippen LogP contribution in [0.3, 0.4) is 0 Å². The van der Waals surface area contributed by atoms with Crippen LogP contribution in [0.4, 0.5) is 22.7 Å². The number of anilines is 3. The smallest absolute Gasteiger partial charge is 1.00 e. The molecule has 0 saturated heterocycles. The number of halogens is 3. The van der Waals surface area contributed by atoms with E-state index in [0.29, 0.717) is 0 Å². The van der Waals surface area contributed by atoms with Gasteiger partial charge in [0, 0.05) is 17.8 Å². The molecule has 0 aromatic heterocycles. The standard InChI is InChI=1S/C12H8N2O2.3ClH.Fe/c15-14(16)10-7-5-9(6-8-10)13-11-3-1-2-4-12(11)13;;;;/h1-8H;3*1H;/q;;;;+3/p-3. The number of para-hydroxylation sites is 2. The molecule has 0 bridgehead atoms. The van der Waals surface area contributed by atoms with E-state index in [1.165, 1.54) is 12.1 Å². The minimum atomic E-state index is -0.390. The van der Waals surface area contributed by atoms with Gasteiger partial charge in [-0.2, -0.15) is 0 Å². The van der Waals surface area contributed by atoms with Gasteiger partial charge in [0.1, 0.15) is 0 Å². The zero-order valence-electron chi connectivity index (χ0n) is 9.82. The van der Waals surface area contributed by atoms with Gasteiger partial charge in [-0.25, -0.2) is 0 Å². The molecule has 107 valence electrons. The molecule has 4 nitrogen and oxygen atoms in total. The van der Waals surface area contributed by atoms with E-state index < -0.39 is 0 Å². The van der Waals surface area contributed by atoms with Crippen LogP contribution in [0.15, 0.2) is 48.5 Å². The zero-order valence-corrected chi connectivity index (χ0v) is 13.2. The van der Waals surface area contributed by atoms with Gasteiger partial charge in [-0.15, -0.1) is 0 Å². The van der Waals surface area contributed by atoms with Crippen molar-refractivity contribution in [3.8, 4) is 0 Å². The second kappa shape index (κ2) is 8.35. The summed E-state index contributed by atoms with van der Waals surface area (Å²) in [6.45, 7) is 0. The molecular weight excluding hydrogens is 366 g/mol. The van der Waals surface area contributed by atoms with Crippen molar-refractivity contribution in [2.75, 3.05) is 4.90 Å². The summed E-state index contributed by atoms with van der Waals surface area (Å²) in [4.78, 5) is 12.2. The van der Waals surface area contributed by atoms with Gasteiger partial charge in [0.15, 0.2) is 0 Å². The number of hydrogen-bond donors (Lipinski definition) is 0. The van der Waals surface area contributed by atoms with Crippen molar-refractivity contribution >= 4 is 22.7 Å². The third kappa shape index (κ3) is 3.78. The summed E-state index contributed by atoms with van der Waals surface area (Å²) in [5.74, 6) is 0. The minimum Gasteiger partial charge on any atom is -1.00 e. The Morgan fingerprint density at radius 1 is 0.850 bits per heavy atom. The van der Waals surface area contributed by atoms with Gasteiger partial charge >= 0.3 is 17.1 Å². The first-order valence-electron chi connectivity index (χ1n) is 4.91. The number of nitro groups is 1. The van der Waals surface area contributed by atoms with Crippen LogP contribution in [-0.2, 0) is 17.1 Å². The number of hydrogen-bond acceptors (Lipinski definition) is 3. The molecule has 0 N–H and O–H groups in total. The molecule has 0 saturated carbocycles. The Morgan fingerprint density at radius 3 is 1.70 bits per heavy atom. The predicted octanol–water partition coefficient (Wildman–Crippen LogP) is -5.61. The minimum absolute atomic E-state index is 0. The Bertz CT molecular complexity index is 558. The predicted molar refractivity (Wildman–Crippen MR) is 61.3 cm³/mol. The SMILES string of the molecule is O=[N+]([O-])c1ccc(N2c3ccccc32)cc1.[Cl-].[Cl-].[Cl-].[Fe+3]. The van der Waals surface area contributed by atoms with E-state index in [-0.39, 0.29) is 64.9 Å². The zero-order chi connectivity index (χ0) is 11.1.